The highest BCUT2D eigenvalue weighted by Crippen LogP contribution is 2.39. The lowest BCUT2D eigenvalue weighted by molar-refractivity contribution is -0.141. The number of hydrogen-bond donors (Lipinski definition) is 0. The van der Waals surface area contributed by atoms with Crippen molar-refractivity contribution in [3.8, 4) is 0 Å². The number of nitrogens with zero attached hydrogens (tertiary/aromatic N) is 1. The molecule has 0 aromatic heterocycles. The second kappa shape index (κ2) is 6.01. The van der Waals surface area contributed by atoms with E-state index in [-0.39, 0.29) is 11.9 Å². The molecular formula is C20H22ClNO. The topological polar surface area (TPSA) is 20.3 Å². The molecule has 1 heterocycles. The van der Waals surface area contributed by atoms with E-state index in [9.17, 15) is 4.79 Å². The van der Waals surface area contributed by atoms with Gasteiger partial charge in [-0.25, -0.2) is 0 Å². The van der Waals surface area contributed by atoms with Crippen molar-refractivity contribution in [2.45, 2.75) is 33.2 Å². The van der Waals surface area contributed by atoms with Crippen molar-refractivity contribution in [3.63, 3.8) is 0 Å². The van der Waals surface area contributed by atoms with E-state index < -0.39 is 5.41 Å². The Balaban J connectivity index is 2.15. The first-order valence-corrected chi connectivity index (χ1v) is 8.40. The van der Waals surface area contributed by atoms with Crippen molar-refractivity contribution >= 4 is 17.5 Å². The van der Waals surface area contributed by atoms with Gasteiger partial charge in [-0.1, -0.05) is 74.8 Å². The van der Waals surface area contributed by atoms with Gasteiger partial charge in [0.25, 0.3) is 0 Å². The average molecular weight is 328 g/mol. The van der Waals surface area contributed by atoms with Crippen molar-refractivity contribution in [2.24, 2.45) is 5.41 Å². The zero-order valence-corrected chi connectivity index (χ0v) is 14.6. The molecule has 2 nitrogen and oxygen atoms in total. The zero-order chi connectivity index (χ0) is 16.6. The first-order chi connectivity index (χ1) is 10.9. The largest absolute Gasteiger partial charge is 0.331 e. The summed E-state index contributed by atoms with van der Waals surface area (Å²) in [5.41, 5.74) is 3.07. The smallest absolute Gasteiger partial charge is 0.228 e. The third-order valence-corrected chi connectivity index (χ3v) is 4.73. The van der Waals surface area contributed by atoms with E-state index in [1.165, 1.54) is 11.1 Å². The first kappa shape index (κ1) is 16.1. The van der Waals surface area contributed by atoms with E-state index in [2.05, 4.69) is 18.2 Å². The fraction of sp³-hybridized carbons (Fsp3) is 0.350. The summed E-state index contributed by atoms with van der Waals surface area (Å²) in [4.78, 5) is 15.0. The summed E-state index contributed by atoms with van der Waals surface area (Å²) >= 11 is 6.47. The monoisotopic (exact) mass is 327 g/mol. The molecule has 0 fully saturated rings. The van der Waals surface area contributed by atoms with Crippen molar-refractivity contribution in [2.75, 3.05) is 6.54 Å². The Kier molecular flexibility index (Phi) is 4.20. The quantitative estimate of drug-likeness (QED) is 0.732. The van der Waals surface area contributed by atoms with Gasteiger partial charge >= 0.3 is 0 Å². The van der Waals surface area contributed by atoms with Crippen LogP contribution in [-0.2, 0) is 11.2 Å². The molecule has 1 aliphatic rings. The third-order valence-electron chi connectivity index (χ3n) is 4.39. The molecule has 0 saturated carbocycles. The number of amides is 1. The van der Waals surface area contributed by atoms with Crippen molar-refractivity contribution < 1.29 is 4.79 Å². The Morgan fingerprint density at radius 1 is 1.04 bits per heavy atom. The summed E-state index contributed by atoms with van der Waals surface area (Å²) in [5.74, 6) is 0.164. The van der Waals surface area contributed by atoms with Crippen molar-refractivity contribution in [3.05, 3.63) is 70.2 Å². The van der Waals surface area contributed by atoms with Gasteiger partial charge in [-0.3, -0.25) is 4.79 Å². The number of rotatable bonds is 1. The molecule has 0 saturated heterocycles. The van der Waals surface area contributed by atoms with Crippen LogP contribution in [0.5, 0.6) is 0 Å². The summed E-state index contributed by atoms with van der Waals surface area (Å²) in [7, 11) is 0. The highest BCUT2D eigenvalue weighted by Gasteiger charge is 2.37. The van der Waals surface area contributed by atoms with Gasteiger partial charge in [0, 0.05) is 17.0 Å². The van der Waals surface area contributed by atoms with Gasteiger partial charge in [0.1, 0.15) is 0 Å². The van der Waals surface area contributed by atoms with E-state index in [4.69, 9.17) is 11.6 Å². The Labute approximate surface area is 143 Å². The van der Waals surface area contributed by atoms with Crippen LogP contribution in [0.1, 0.15) is 43.5 Å². The summed E-state index contributed by atoms with van der Waals surface area (Å²) < 4.78 is 0. The van der Waals surface area contributed by atoms with E-state index in [0.29, 0.717) is 5.02 Å². The fourth-order valence-electron chi connectivity index (χ4n) is 3.25. The zero-order valence-electron chi connectivity index (χ0n) is 13.8. The van der Waals surface area contributed by atoms with Gasteiger partial charge in [0.15, 0.2) is 0 Å². The molecule has 3 heteroatoms. The molecule has 1 aliphatic heterocycles. The number of benzene rings is 2. The second-order valence-electron chi connectivity index (χ2n) is 7.12. The fourth-order valence-corrected chi connectivity index (χ4v) is 3.49. The van der Waals surface area contributed by atoms with Crippen LogP contribution in [0, 0.1) is 5.41 Å². The molecule has 0 aliphatic carbocycles. The van der Waals surface area contributed by atoms with E-state index in [1.54, 1.807) is 0 Å². The molecule has 23 heavy (non-hydrogen) atoms. The van der Waals surface area contributed by atoms with Crippen LogP contribution in [-0.4, -0.2) is 17.4 Å². The number of fused-ring (bicyclic) bond motifs is 1. The number of hydrogen-bond acceptors (Lipinski definition) is 1. The minimum atomic E-state index is -0.411. The normalized spacial score (nSPS) is 17.7. The first-order valence-electron chi connectivity index (χ1n) is 8.03. The Bertz CT molecular complexity index is 732. The molecule has 1 atom stereocenters. The van der Waals surface area contributed by atoms with E-state index >= 15 is 0 Å². The second-order valence-corrected chi connectivity index (χ2v) is 7.53. The molecule has 0 bridgehead atoms. The highest BCUT2D eigenvalue weighted by atomic mass is 35.5. The molecular weight excluding hydrogens is 306 g/mol. The maximum absolute atomic E-state index is 13.0. The minimum absolute atomic E-state index is 0.111. The van der Waals surface area contributed by atoms with Crippen LogP contribution in [0.2, 0.25) is 5.02 Å². The molecule has 2 aromatic carbocycles. The van der Waals surface area contributed by atoms with Crippen LogP contribution >= 0.6 is 11.6 Å². The lowest BCUT2D eigenvalue weighted by Gasteiger charge is -2.41. The van der Waals surface area contributed by atoms with Crippen LogP contribution in [0.25, 0.3) is 0 Å². The molecule has 120 valence electrons. The van der Waals surface area contributed by atoms with Gasteiger partial charge in [-0.15, -0.1) is 0 Å². The molecule has 0 radical (unpaired) electrons. The Hall–Kier alpha value is -1.80. The molecule has 0 N–H and O–H groups in total. The molecule has 3 rings (SSSR count). The Morgan fingerprint density at radius 3 is 2.30 bits per heavy atom. The molecule has 0 spiro atoms. The van der Waals surface area contributed by atoms with Gasteiger partial charge in [-0.05, 0) is 29.2 Å². The third kappa shape index (κ3) is 3.00. The summed E-state index contributed by atoms with van der Waals surface area (Å²) in [5, 5.41) is 0.709. The van der Waals surface area contributed by atoms with Gasteiger partial charge in [0.05, 0.1) is 6.04 Å². The van der Waals surface area contributed by atoms with Crippen LogP contribution < -0.4 is 0 Å². The lowest BCUT2D eigenvalue weighted by atomic mass is 9.85. The maximum atomic E-state index is 13.0. The summed E-state index contributed by atoms with van der Waals surface area (Å²) in [6, 6.07) is 16.1. The average Bonchev–Trinajstić information content (AvgIpc) is 2.53. The summed E-state index contributed by atoms with van der Waals surface area (Å²) in [6.45, 7) is 6.64. The molecule has 1 amide bonds. The van der Waals surface area contributed by atoms with Crippen LogP contribution in [0.15, 0.2) is 48.5 Å². The maximum Gasteiger partial charge on any atom is 0.228 e. The van der Waals surface area contributed by atoms with E-state index in [1.807, 2.05) is 56.0 Å². The van der Waals surface area contributed by atoms with Gasteiger partial charge < -0.3 is 4.90 Å². The van der Waals surface area contributed by atoms with Crippen LogP contribution in [0.3, 0.4) is 0 Å². The highest BCUT2D eigenvalue weighted by molar-refractivity contribution is 6.31. The SMILES string of the molecule is CC(C)(C)C(=O)N1CCc2ccccc2[C@H]1c1ccccc1Cl. The van der Waals surface area contributed by atoms with Gasteiger partial charge in [-0.2, -0.15) is 0 Å². The van der Waals surface area contributed by atoms with Crippen molar-refractivity contribution in [1.29, 1.82) is 0 Å². The molecule has 0 unspecified atom stereocenters. The van der Waals surface area contributed by atoms with Crippen molar-refractivity contribution in [1.82, 2.24) is 4.90 Å². The van der Waals surface area contributed by atoms with E-state index in [0.717, 1.165) is 18.5 Å². The summed E-state index contributed by atoms with van der Waals surface area (Å²) in [6.07, 6.45) is 0.888. The predicted octanol–water partition coefficient (Wildman–Crippen LogP) is 4.86. The number of carbonyl (C=O) groups is 1. The predicted molar refractivity (Wildman–Crippen MR) is 94.6 cm³/mol. The number of carbonyl (C=O) groups excluding carboxylic acids is 1. The van der Waals surface area contributed by atoms with Gasteiger partial charge in [0.2, 0.25) is 5.91 Å². The van der Waals surface area contributed by atoms with Crippen LogP contribution in [0.4, 0.5) is 0 Å². The standard InChI is InChI=1S/C20H22ClNO/c1-20(2,3)19(23)22-13-12-14-8-4-5-9-15(14)18(22)16-10-6-7-11-17(16)21/h4-11,18H,12-13H2,1-3H3/t18-/m0/s1. The number of halogens is 1. The Morgan fingerprint density at radius 2 is 1.65 bits per heavy atom. The lowest BCUT2D eigenvalue weighted by Crippen LogP contribution is -2.45. The molecule has 2 aromatic rings. The minimum Gasteiger partial charge on any atom is -0.331 e.